The third-order valence-corrected chi connectivity index (χ3v) is 4.84. The van der Waals surface area contributed by atoms with Crippen LogP contribution in [0, 0.1) is 13.8 Å². The van der Waals surface area contributed by atoms with Gasteiger partial charge in [0.25, 0.3) is 5.91 Å². The summed E-state index contributed by atoms with van der Waals surface area (Å²) >= 11 is 0. The molecule has 0 atom stereocenters. The normalized spacial score (nSPS) is 11.0. The summed E-state index contributed by atoms with van der Waals surface area (Å²) in [6.07, 6.45) is 0.762. The molecule has 2 heterocycles. The molecule has 6 nitrogen and oxygen atoms in total. The fraction of sp³-hybridized carbons (Fsp3) is 0.182. The highest BCUT2D eigenvalue weighted by atomic mass is 16.2. The third kappa shape index (κ3) is 3.03. The summed E-state index contributed by atoms with van der Waals surface area (Å²) in [6.45, 7) is 5.85. The molecule has 0 aliphatic carbocycles. The predicted octanol–water partition coefficient (Wildman–Crippen LogP) is 4.22. The Kier molecular flexibility index (Phi) is 4.61. The summed E-state index contributed by atoms with van der Waals surface area (Å²) in [5.41, 5.74) is 6.26. The molecule has 0 aliphatic heterocycles. The lowest BCUT2D eigenvalue weighted by molar-refractivity contribution is 0.102. The van der Waals surface area contributed by atoms with Crippen molar-refractivity contribution < 1.29 is 4.79 Å². The van der Waals surface area contributed by atoms with Gasteiger partial charge in [0.15, 0.2) is 11.3 Å². The molecule has 28 heavy (non-hydrogen) atoms. The van der Waals surface area contributed by atoms with Gasteiger partial charge in [0.2, 0.25) is 0 Å². The lowest BCUT2D eigenvalue weighted by atomic mass is 10.0. The average Bonchev–Trinajstić information content (AvgIpc) is 3.10. The minimum atomic E-state index is -0.295. The van der Waals surface area contributed by atoms with E-state index in [2.05, 4.69) is 22.4 Å². The average molecular weight is 371 g/mol. The summed E-state index contributed by atoms with van der Waals surface area (Å²) in [7, 11) is 0. The molecule has 0 saturated carbocycles. The molecule has 4 aromatic rings. The van der Waals surface area contributed by atoms with Crippen LogP contribution >= 0.6 is 0 Å². The maximum Gasteiger partial charge on any atom is 0.278 e. The van der Waals surface area contributed by atoms with Gasteiger partial charge in [-0.25, -0.2) is 4.52 Å². The predicted molar refractivity (Wildman–Crippen MR) is 109 cm³/mol. The molecule has 2 aromatic carbocycles. The van der Waals surface area contributed by atoms with Gasteiger partial charge >= 0.3 is 0 Å². The van der Waals surface area contributed by atoms with Gasteiger partial charge in [-0.05, 0) is 37.5 Å². The number of aryl methyl sites for hydroxylation is 3. The van der Waals surface area contributed by atoms with Crippen LogP contribution in [-0.4, -0.2) is 25.7 Å². The van der Waals surface area contributed by atoms with Crippen molar-refractivity contribution in [2.45, 2.75) is 27.2 Å². The number of benzene rings is 2. The zero-order chi connectivity index (χ0) is 19.7. The van der Waals surface area contributed by atoms with Gasteiger partial charge in [-0.1, -0.05) is 55.5 Å². The minimum Gasteiger partial charge on any atom is -0.320 e. The van der Waals surface area contributed by atoms with Crippen LogP contribution in [0.5, 0.6) is 0 Å². The fourth-order valence-electron chi connectivity index (χ4n) is 3.30. The Balaban J connectivity index is 1.80. The summed E-state index contributed by atoms with van der Waals surface area (Å²) in [4.78, 5) is 12.8. The summed E-state index contributed by atoms with van der Waals surface area (Å²) < 4.78 is 1.72. The molecule has 1 N–H and O–H groups in total. The van der Waals surface area contributed by atoms with E-state index in [0.717, 1.165) is 34.5 Å². The molecule has 4 rings (SSSR count). The van der Waals surface area contributed by atoms with Crippen LogP contribution < -0.4 is 5.32 Å². The van der Waals surface area contributed by atoms with Crippen LogP contribution in [0.1, 0.15) is 34.4 Å². The van der Waals surface area contributed by atoms with Gasteiger partial charge < -0.3 is 5.32 Å². The summed E-state index contributed by atoms with van der Waals surface area (Å²) in [5.74, 6) is -0.295. The Hall–Kier alpha value is -3.54. The molecule has 0 saturated heterocycles. The number of nitrogens with zero attached hydrogens (tertiary/aromatic N) is 4. The topological polar surface area (TPSA) is 72.2 Å². The van der Waals surface area contributed by atoms with E-state index in [4.69, 9.17) is 5.10 Å². The second-order valence-electron chi connectivity index (χ2n) is 6.68. The van der Waals surface area contributed by atoms with E-state index < -0.39 is 0 Å². The van der Waals surface area contributed by atoms with Gasteiger partial charge in [0.1, 0.15) is 0 Å². The van der Waals surface area contributed by atoms with E-state index in [-0.39, 0.29) is 11.6 Å². The first-order chi connectivity index (χ1) is 13.6. The Morgan fingerprint density at radius 2 is 1.71 bits per heavy atom. The number of aromatic nitrogens is 4. The van der Waals surface area contributed by atoms with Crippen molar-refractivity contribution in [3.63, 3.8) is 0 Å². The highest BCUT2D eigenvalue weighted by Gasteiger charge is 2.21. The zero-order valence-corrected chi connectivity index (χ0v) is 16.1. The second kappa shape index (κ2) is 7.23. The maximum absolute atomic E-state index is 12.8. The molecule has 6 heteroatoms. The molecule has 2 aromatic heterocycles. The van der Waals surface area contributed by atoms with Gasteiger partial charge in [-0.3, -0.25) is 4.79 Å². The zero-order valence-electron chi connectivity index (χ0n) is 16.1. The van der Waals surface area contributed by atoms with Crippen LogP contribution in [0.2, 0.25) is 0 Å². The van der Waals surface area contributed by atoms with Crippen LogP contribution in [-0.2, 0) is 6.42 Å². The Labute approximate surface area is 163 Å². The number of hydrogen-bond donors (Lipinski definition) is 1. The lowest BCUT2D eigenvalue weighted by Gasteiger charge is -2.09. The number of anilines is 1. The number of carbonyl (C=O) groups is 1. The lowest BCUT2D eigenvalue weighted by Crippen LogP contribution is -2.19. The Morgan fingerprint density at radius 1 is 1.00 bits per heavy atom. The van der Waals surface area contributed by atoms with Crippen molar-refractivity contribution in [3.05, 3.63) is 77.2 Å². The molecular weight excluding hydrogens is 350 g/mol. The molecule has 0 aliphatic rings. The van der Waals surface area contributed by atoms with Crippen LogP contribution in [0.25, 0.3) is 16.8 Å². The number of nitrogens with one attached hydrogen (secondary N) is 1. The SMILES string of the molecule is CCc1nn2c(C)c(C(=O)Nc3ccccc3C)nnc2c1-c1ccccc1. The molecule has 140 valence electrons. The first-order valence-corrected chi connectivity index (χ1v) is 9.27. The van der Waals surface area contributed by atoms with Crippen LogP contribution in [0.3, 0.4) is 0 Å². The second-order valence-corrected chi connectivity index (χ2v) is 6.68. The number of carbonyl (C=O) groups excluding carboxylic acids is 1. The van der Waals surface area contributed by atoms with Crippen molar-refractivity contribution in [1.82, 2.24) is 19.8 Å². The molecule has 0 radical (unpaired) electrons. The number of hydrogen-bond acceptors (Lipinski definition) is 4. The quantitative estimate of drug-likeness (QED) is 0.583. The third-order valence-electron chi connectivity index (χ3n) is 4.84. The molecular formula is C22H21N5O. The molecule has 0 fully saturated rings. The molecule has 0 unspecified atom stereocenters. The van der Waals surface area contributed by atoms with Crippen molar-refractivity contribution >= 4 is 17.2 Å². The number of para-hydroxylation sites is 1. The monoisotopic (exact) mass is 371 g/mol. The van der Waals surface area contributed by atoms with Crippen molar-refractivity contribution in [2.24, 2.45) is 0 Å². The van der Waals surface area contributed by atoms with E-state index in [1.165, 1.54) is 0 Å². The van der Waals surface area contributed by atoms with Crippen LogP contribution in [0.15, 0.2) is 54.6 Å². The highest BCUT2D eigenvalue weighted by molar-refractivity contribution is 6.04. The van der Waals surface area contributed by atoms with Crippen molar-refractivity contribution in [1.29, 1.82) is 0 Å². The first-order valence-electron chi connectivity index (χ1n) is 9.27. The van der Waals surface area contributed by atoms with E-state index in [1.54, 1.807) is 4.52 Å². The first kappa shape index (κ1) is 17.9. The van der Waals surface area contributed by atoms with Crippen LogP contribution in [0.4, 0.5) is 5.69 Å². The maximum atomic E-state index is 12.8. The van der Waals surface area contributed by atoms with Gasteiger partial charge in [-0.15, -0.1) is 10.2 Å². The smallest absolute Gasteiger partial charge is 0.278 e. The number of rotatable bonds is 4. The van der Waals surface area contributed by atoms with Crippen molar-refractivity contribution in [3.8, 4) is 11.1 Å². The summed E-state index contributed by atoms with van der Waals surface area (Å²) in [5, 5.41) is 16.2. The Morgan fingerprint density at radius 3 is 2.43 bits per heavy atom. The Bertz CT molecular complexity index is 1160. The van der Waals surface area contributed by atoms with E-state index in [1.807, 2.05) is 68.4 Å². The van der Waals surface area contributed by atoms with E-state index >= 15 is 0 Å². The van der Waals surface area contributed by atoms with Gasteiger partial charge in [-0.2, -0.15) is 5.10 Å². The summed E-state index contributed by atoms with van der Waals surface area (Å²) in [6, 6.07) is 17.7. The van der Waals surface area contributed by atoms with Gasteiger partial charge in [0.05, 0.1) is 17.0 Å². The molecule has 0 bridgehead atoms. The minimum absolute atomic E-state index is 0.264. The van der Waals surface area contributed by atoms with Gasteiger partial charge in [0, 0.05) is 5.69 Å². The standard InChI is InChI=1S/C22H21N5O/c1-4-17-19(16-11-6-5-7-12-16)21-25-24-20(15(3)27(21)26-17)22(28)23-18-13-9-8-10-14(18)2/h5-13H,4H2,1-3H3,(H,23,28). The number of fused-ring (bicyclic) bond motifs is 1. The largest absolute Gasteiger partial charge is 0.320 e. The van der Waals surface area contributed by atoms with Crippen molar-refractivity contribution in [2.75, 3.05) is 5.32 Å². The molecule has 0 spiro atoms. The molecule has 1 amide bonds. The highest BCUT2D eigenvalue weighted by Crippen LogP contribution is 2.28. The number of amides is 1. The fourth-order valence-corrected chi connectivity index (χ4v) is 3.30. The van der Waals surface area contributed by atoms with E-state index in [0.29, 0.717) is 11.3 Å². The van der Waals surface area contributed by atoms with E-state index in [9.17, 15) is 4.79 Å².